The van der Waals surface area contributed by atoms with Gasteiger partial charge in [-0.05, 0) is 72.8 Å². The topological polar surface area (TPSA) is 47.3 Å². The van der Waals surface area contributed by atoms with Gasteiger partial charge in [0.1, 0.15) is 16.7 Å². The molecule has 0 aliphatic carbocycles. The molecule has 0 bridgehead atoms. The van der Waals surface area contributed by atoms with Crippen LogP contribution in [-0.2, 0) is 0 Å². The highest BCUT2D eigenvalue weighted by molar-refractivity contribution is 6.31. The van der Waals surface area contributed by atoms with Crippen LogP contribution < -0.4 is 4.90 Å². The van der Waals surface area contributed by atoms with Crippen molar-refractivity contribution in [3.8, 4) is 17.1 Å². The van der Waals surface area contributed by atoms with Gasteiger partial charge in [0, 0.05) is 54.9 Å². The first-order valence-electron chi connectivity index (χ1n) is 16.8. The summed E-state index contributed by atoms with van der Waals surface area (Å²) in [7, 11) is 0. The number of oxazole rings is 1. The number of benzene rings is 8. The molecule has 3 heterocycles. The molecule has 8 aromatic carbocycles. The number of fused-ring (bicyclic) bond motifs is 6. The number of furan rings is 1. The van der Waals surface area contributed by atoms with Crippen molar-refractivity contribution in [1.29, 1.82) is 0 Å². The van der Waals surface area contributed by atoms with Crippen LogP contribution in [0.25, 0.3) is 82.8 Å². The van der Waals surface area contributed by atoms with Crippen molar-refractivity contribution < 1.29 is 8.83 Å². The van der Waals surface area contributed by atoms with E-state index in [4.69, 9.17) is 13.8 Å². The maximum Gasteiger partial charge on any atom is 0.227 e. The Labute approximate surface area is 286 Å². The molecule has 0 aliphatic rings. The standard InChI is InChI=1S/C45H27N3O2/c1-3-12-29(13-4-1)47(37-21-9-17-33-32-16-7-8-20-36(32)48(43(33)37)30-14-5-2-6-15-30)31-26-24-28(25-27-31)45-46-42-34-18-10-22-38-40(34)41-35(44(42)50-45)19-11-23-39(41)49-38/h1-27H. The van der Waals surface area contributed by atoms with Gasteiger partial charge in [0.15, 0.2) is 5.58 Å². The lowest BCUT2D eigenvalue weighted by Crippen LogP contribution is -2.11. The van der Waals surface area contributed by atoms with Gasteiger partial charge in [-0.15, -0.1) is 0 Å². The monoisotopic (exact) mass is 641 g/mol. The third-order valence-corrected chi connectivity index (χ3v) is 9.96. The average Bonchev–Trinajstić information content (AvgIpc) is 3.89. The molecule has 0 N–H and O–H groups in total. The van der Waals surface area contributed by atoms with Crippen molar-refractivity contribution in [2.75, 3.05) is 4.90 Å². The number of anilines is 3. The third-order valence-electron chi connectivity index (χ3n) is 9.96. The minimum absolute atomic E-state index is 0.593. The van der Waals surface area contributed by atoms with Crippen LogP contribution in [0.3, 0.4) is 0 Å². The predicted molar refractivity (Wildman–Crippen MR) is 204 cm³/mol. The molecule has 5 heteroatoms. The van der Waals surface area contributed by atoms with Crippen molar-refractivity contribution in [3.63, 3.8) is 0 Å². The van der Waals surface area contributed by atoms with Crippen molar-refractivity contribution in [2.24, 2.45) is 0 Å². The van der Waals surface area contributed by atoms with Gasteiger partial charge in [-0.1, -0.05) is 91.0 Å². The third kappa shape index (κ3) is 3.80. The van der Waals surface area contributed by atoms with Crippen LogP contribution in [0.2, 0.25) is 0 Å². The molecule has 0 amide bonds. The number of para-hydroxylation sites is 4. The van der Waals surface area contributed by atoms with E-state index in [9.17, 15) is 0 Å². The molecular formula is C45H27N3O2. The number of hydrogen-bond acceptors (Lipinski definition) is 4. The highest BCUT2D eigenvalue weighted by Gasteiger charge is 2.23. The predicted octanol–water partition coefficient (Wildman–Crippen LogP) is 12.6. The molecule has 0 fully saturated rings. The molecule has 11 aromatic rings. The van der Waals surface area contributed by atoms with Gasteiger partial charge in [0.25, 0.3) is 0 Å². The Hall–Kier alpha value is -6.85. The second-order valence-corrected chi connectivity index (χ2v) is 12.7. The normalized spacial score (nSPS) is 12.0. The number of hydrogen-bond donors (Lipinski definition) is 0. The van der Waals surface area contributed by atoms with Gasteiger partial charge in [0.05, 0.1) is 16.7 Å². The van der Waals surface area contributed by atoms with E-state index in [1.165, 1.54) is 16.3 Å². The largest absolute Gasteiger partial charge is 0.456 e. The molecule has 50 heavy (non-hydrogen) atoms. The molecular weight excluding hydrogens is 615 g/mol. The first kappa shape index (κ1) is 27.1. The van der Waals surface area contributed by atoms with E-state index in [0.29, 0.717) is 5.89 Å². The van der Waals surface area contributed by atoms with Crippen LogP contribution in [0.15, 0.2) is 173 Å². The molecule has 0 atom stereocenters. The maximum atomic E-state index is 6.60. The summed E-state index contributed by atoms with van der Waals surface area (Å²) in [6.45, 7) is 0. The highest BCUT2D eigenvalue weighted by Crippen LogP contribution is 2.45. The van der Waals surface area contributed by atoms with Crippen molar-refractivity contribution in [1.82, 2.24) is 9.55 Å². The zero-order valence-electron chi connectivity index (χ0n) is 26.7. The molecule has 234 valence electrons. The summed E-state index contributed by atoms with van der Waals surface area (Å²) in [5, 5.41) is 6.67. The van der Waals surface area contributed by atoms with Crippen molar-refractivity contribution >= 4 is 82.7 Å². The fourth-order valence-electron chi connectivity index (χ4n) is 7.85. The van der Waals surface area contributed by atoms with E-state index in [2.05, 4.69) is 149 Å². The first-order chi connectivity index (χ1) is 24.8. The average molecular weight is 642 g/mol. The molecule has 11 rings (SSSR count). The summed E-state index contributed by atoms with van der Waals surface area (Å²) < 4.78 is 15.2. The van der Waals surface area contributed by atoms with E-state index in [-0.39, 0.29) is 0 Å². The molecule has 0 saturated carbocycles. The van der Waals surface area contributed by atoms with Crippen LogP contribution in [0, 0.1) is 0 Å². The summed E-state index contributed by atoms with van der Waals surface area (Å²) in [4.78, 5) is 7.43. The zero-order valence-corrected chi connectivity index (χ0v) is 26.7. The van der Waals surface area contributed by atoms with E-state index >= 15 is 0 Å². The lowest BCUT2D eigenvalue weighted by atomic mass is 10.0. The lowest BCUT2D eigenvalue weighted by Gasteiger charge is -2.27. The van der Waals surface area contributed by atoms with Gasteiger partial charge >= 0.3 is 0 Å². The van der Waals surface area contributed by atoms with Crippen LogP contribution in [0.1, 0.15) is 0 Å². The summed E-state index contributed by atoms with van der Waals surface area (Å²) in [6.07, 6.45) is 0. The van der Waals surface area contributed by atoms with Crippen LogP contribution >= 0.6 is 0 Å². The molecule has 0 saturated heterocycles. The Morgan fingerprint density at radius 1 is 0.480 bits per heavy atom. The Kier molecular flexibility index (Phi) is 5.60. The Balaban J connectivity index is 1.11. The van der Waals surface area contributed by atoms with Crippen molar-refractivity contribution in [2.45, 2.75) is 0 Å². The van der Waals surface area contributed by atoms with Gasteiger partial charge in [-0.25, -0.2) is 4.98 Å². The molecule has 3 aromatic heterocycles. The molecule has 0 aliphatic heterocycles. The zero-order chi connectivity index (χ0) is 32.8. The minimum Gasteiger partial charge on any atom is -0.456 e. The Morgan fingerprint density at radius 3 is 1.90 bits per heavy atom. The first-order valence-corrected chi connectivity index (χ1v) is 16.8. The summed E-state index contributed by atoms with van der Waals surface area (Å²) in [5.74, 6) is 0.593. The minimum atomic E-state index is 0.593. The van der Waals surface area contributed by atoms with Crippen LogP contribution in [0.5, 0.6) is 0 Å². The van der Waals surface area contributed by atoms with E-state index in [0.717, 1.165) is 77.6 Å². The van der Waals surface area contributed by atoms with Gasteiger partial charge in [-0.3, -0.25) is 0 Å². The smallest absolute Gasteiger partial charge is 0.227 e. The lowest BCUT2D eigenvalue weighted by molar-refractivity contribution is 0.623. The van der Waals surface area contributed by atoms with E-state index in [1.807, 2.05) is 24.3 Å². The molecule has 0 unspecified atom stereocenters. The van der Waals surface area contributed by atoms with Gasteiger partial charge < -0.3 is 18.3 Å². The van der Waals surface area contributed by atoms with Crippen molar-refractivity contribution in [3.05, 3.63) is 164 Å². The second kappa shape index (κ2) is 10.3. The molecule has 5 nitrogen and oxygen atoms in total. The summed E-state index contributed by atoms with van der Waals surface area (Å²) >= 11 is 0. The second-order valence-electron chi connectivity index (χ2n) is 12.7. The fraction of sp³-hybridized carbons (Fsp3) is 0. The number of aromatic nitrogens is 2. The van der Waals surface area contributed by atoms with E-state index in [1.54, 1.807) is 0 Å². The number of rotatable bonds is 5. The molecule has 0 radical (unpaired) electrons. The highest BCUT2D eigenvalue weighted by atomic mass is 16.3. The van der Waals surface area contributed by atoms with Crippen LogP contribution in [-0.4, -0.2) is 9.55 Å². The Bertz CT molecular complexity index is 2940. The van der Waals surface area contributed by atoms with Gasteiger partial charge in [0.2, 0.25) is 5.89 Å². The van der Waals surface area contributed by atoms with E-state index < -0.39 is 0 Å². The number of nitrogens with zero attached hydrogens (tertiary/aromatic N) is 3. The SMILES string of the molecule is c1ccc(N(c2ccc(-c3nc4c5cccc6oc7cccc(c4o3)c7c65)cc2)c2cccc3c4ccccc4n(-c4ccccc4)c23)cc1. The van der Waals surface area contributed by atoms with Crippen LogP contribution in [0.4, 0.5) is 17.1 Å². The summed E-state index contributed by atoms with van der Waals surface area (Å²) in [5.41, 5.74) is 10.9. The Morgan fingerprint density at radius 2 is 1.10 bits per heavy atom. The molecule has 0 spiro atoms. The summed E-state index contributed by atoms with van der Waals surface area (Å²) in [6, 6.07) is 57.3. The fourth-order valence-corrected chi connectivity index (χ4v) is 7.85. The maximum absolute atomic E-state index is 6.60. The quantitative estimate of drug-likeness (QED) is 0.175. The van der Waals surface area contributed by atoms with Gasteiger partial charge in [-0.2, -0.15) is 0 Å².